The number of hydrogen-bond donors (Lipinski definition) is 0. The molecule has 0 N–H and O–H groups in total. The van der Waals surface area contributed by atoms with Gasteiger partial charge in [0.2, 0.25) is 0 Å². The first-order valence-electron chi connectivity index (χ1n) is 3.87. The topological polar surface area (TPSA) is 27.7 Å². The van der Waals surface area contributed by atoms with Crippen molar-refractivity contribution in [2.24, 2.45) is 0 Å². The molecule has 0 heterocycles. The van der Waals surface area contributed by atoms with Crippen molar-refractivity contribution in [3.05, 3.63) is 0 Å². The second-order valence-corrected chi connectivity index (χ2v) is 8.15. The average molecular weight is 237 g/mol. The number of halogens is 2. The van der Waals surface area contributed by atoms with Gasteiger partial charge in [0.1, 0.15) is 0 Å². The normalized spacial score (nSPS) is 15.6. The van der Waals surface area contributed by atoms with Crippen LogP contribution in [0.3, 0.4) is 0 Å². The summed E-state index contributed by atoms with van der Waals surface area (Å²) in [4.78, 5) is 0. The van der Waals surface area contributed by atoms with E-state index in [0.717, 1.165) is 0 Å². The van der Waals surface area contributed by atoms with E-state index in [4.69, 9.17) is 36.1 Å². The fourth-order valence-corrected chi connectivity index (χ4v) is 3.92. The van der Waals surface area contributed by atoms with Gasteiger partial charge in [-0.2, -0.15) is 0 Å². The molecular weight excluding hydrogens is 222 g/mol. The summed E-state index contributed by atoms with van der Waals surface area (Å²) in [6.07, 6.45) is 0. The van der Waals surface area contributed by atoms with Crippen LogP contribution in [-0.2, 0) is 13.6 Å². The van der Waals surface area contributed by atoms with Gasteiger partial charge >= 0.3 is 82.6 Å². The van der Waals surface area contributed by atoms with Crippen LogP contribution in [0.1, 0.15) is 20.8 Å². The molecule has 0 amide bonds. The zero-order chi connectivity index (χ0) is 9.69. The Labute approximate surface area is 83.0 Å². The summed E-state index contributed by atoms with van der Waals surface area (Å²) < 4.78 is 15.3. The molecule has 0 bridgehead atoms. The molecule has 0 fully saturated rings. The quantitative estimate of drug-likeness (QED) is 0.659. The minimum atomic E-state index is -3.77. The summed E-state index contributed by atoms with van der Waals surface area (Å²) in [7, 11) is 0. The van der Waals surface area contributed by atoms with Crippen LogP contribution in [-0.4, -0.2) is 19.8 Å². The third-order valence-electron chi connectivity index (χ3n) is 0.996. The van der Waals surface area contributed by atoms with Gasteiger partial charge < -0.3 is 0 Å². The van der Waals surface area contributed by atoms with Crippen molar-refractivity contribution in [2.75, 3.05) is 19.8 Å². The third kappa shape index (κ3) is 4.22. The standard InChI is InChI=1S/C6H15Cl2O3P/c1-4-9-12(7,8,10-5-2)11-6-3/h4-6H2,1-3H3. The molecule has 0 aliphatic heterocycles. The van der Waals surface area contributed by atoms with E-state index >= 15 is 0 Å². The molecule has 0 aliphatic carbocycles. The van der Waals surface area contributed by atoms with Gasteiger partial charge in [-0.1, -0.05) is 0 Å². The van der Waals surface area contributed by atoms with E-state index in [2.05, 4.69) is 0 Å². The average Bonchev–Trinajstić information content (AvgIpc) is 1.86. The summed E-state index contributed by atoms with van der Waals surface area (Å²) in [5, 5.41) is 0. The van der Waals surface area contributed by atoms with Crippen LogP contribution in [0, 0.1) is 0 Å². The molecule has 0 aromatic heterocycles. The van der Waals surface area contributed by atoms with Crippen LogP contribution in [0.15, 0.2) is 0 Å². The van der Waals surface area contributed by atoms with Crippen molar-refractivity contribution in [1.82, 2.24) is 0 Å². The Kier molecular flexibility index (Phi) is 5.31. The molecule has 0 radical (unpaired) electrons. The second-order valence-electron chi connectivity index (χ2n) is 1.95. The first-order chi connectivity index (χ1) is 5.46. The first-order valence-corrected chi connectivity index (χ1v) is 7.67. The molecule has 0 rings (SSSR count). The van der Waals surface area contributed by atoms with Gasteiger partial charge in [-0.3, -0.25) is 0 Å². The van der Waals surface area contributed by atoms with E-state index in [1.807, 2.05) is 0 Å². The maximum absolute atomic E-state index is 5.92. The molecule has 0 saturated heterocycles. The van der Waals surface area contributed by atoms with Gasteiger partial charge in [0.25, 0.3) is 0 Å². The summed E-state index contributed by atoms with van der Waals surface area (Å²) in [5.41, 5.74) is 0. The molecule has 6 heteroatoms. The van der Waals surface area contributed by atoms with Crippen molar-refractivity contribution in [3.63, 3.8) is 0 Å². The molecule has 0 unspecified atom stereocenters. The van der Waals surface area contributed by atoms with Crippen LogP contribution in [0.5, 0.6) is 0 Å². The first kappa shape index (κ1) is 12.9. The van der Waals surface area contributed by atoms with E-state index in [-0.39, 0.29) is 0 Å². The fourth-order valence-electron chi connectivity index (χ4n) is 0.721. The molecule has 12 heavy (non-hydrogen) atoms. The molecule has 0 saturated carbocycles. The van der Waals surface area contributed by atoms with Crippen LogP contribution in [0.4, 0.5) is 0 Å². The van der Waals surface area contributed by atoms with Crippen molar-refractivity contribution in [3.8, 4) is 0 Å². The van der Waals surface area contributed by atoms with Gasteiger partial charge in [-0.25, -0.2) is 0 Å². The SMILES string of the molecule is CCOP(Cl)(Cl)(OCC)OCC. The fraction of sp³-hybridized carbons (Fsp3) is 1.00. The van der Waals surface area contributed by atoms with Crippen LogP contribution < -0.4 is 0 Å². The van der Waals surface area contributed by atoms with Gasteiger partial charge in [-0.05, 0) is 0 Å². The second kappa shape index (κ2) is 4.94. The Morgan fingerprint density at radius 1 is 0.833 bits per heavy atom. The molecule has 0 atom stereocenters. The molecule has 0 aromatic carbocycles. The monoisotopic (exact) mass is 236 g/mol. The summed E-state index contributed by atoms with van der Waals surface area (Å²) in [6.45, 7) is 6.44. The van der Waals surface area contributed by atoms with Crippen LogP contribution in [0.25, 0.3) is 0 Å². The predicted molar refractivity (Wildman–Crippen MR) is 53.5 cm³/mol. The van der Waals surface area contributed by atoms with Crippen molar-refractivity contribution < 1.29 is 13.6 Å². The Balaban J connectivity index is 4.31. The van der Waals surface area contributed by atoms with Gasteiger partial charge in [-0.15, -0.1) is 0 Å². The van der Waals surface area contributed by atoms with Gasteiger partial charge in [0.05, 0.1) is 0 Å². The van der Waals surface area contributed by atoms with E-state index in [1.165, 1.54) is 0 Å². The maximum atomic E-state index is 5.92. The molecular formula is C6H15Cl2O3P. The van der Waals surface area contributed by atoms with E-state index in [1.54, 1.807) is 20.8 Å². The Morgan fingerprint density at radius 3 is 1.25 bits per heavy atom. The predicted octanol–water partition coefficient (Wildman–Crippen LogP) is 3.70. The summed E-state index contributed by atoms with van der Waals surface area (Å²) >= 11 is 11.8. The van der Waals surface area contributed by atoms with Crippen molar-refractivity contribution >= 4 is 28.5 Å². The van der Waals surface area contributed by atoms with Crippen LogP contribution >= 0.6 is 28.5 Å². The number of rotatable bonds is 6. The molecule has 0 spiro atoms. The Morgan fingerprint density at radius 2 is 1.08 bits per heavy atom. The zero-order valence-electron chi connectivity index (χ0n) is 7.55. The Hall–Kier alpha value is 0.890. The van der Waals surface area contributed by atoms with Crippen molar-refractivity contribution in [2.45, 2.75) is 20.8 Å². The van der Waals surface area contributed by atoms with Crippen molar-refractivity contribution in [1.29, 1.82) is 0 Å². The molecule has 3 nitrogen and oxygen atoms in total. The summed E-state index contributed by atoms with van der Waals surface area (Å²) in [5.74, 6) is -3.77. The zero-order valence-corrected chi connectivity index (χ0v) is 9.96. The van der Waals surface area contributed by atoms with Gasteiger partial charge in [0.15, 0.2) is 0 Å². The van der Waals surface area contributed by atoms with E-state index in [0.29, 0.717) is 19.8 Å². The van der Waals surface area contributed by atoms with Crippen LogP contribution in [0.2, 0.25) is 0 Å². The van der Waals surface area contributed by atoms with E-state index < -0.39 is 5.99 Å². The van der Waals surface area contributed by atoms with Gasteiger partial charge in [0, 0.05) is 0 Å². The molecule has 0 aliphatic rings. The molecule has 0 aromatic rings. The molecule has 76 valence electrons. The summed E-state index contributed by atoms with van der Waals surface area (Å²) in [6, 6.07) is 0. The number of hydrogen-bond acceptors (Lipinski definition) is 3. The van der Waals surface area contributed by atoms with E-state index in [9.17, 15) is 0 Å². The Bertz CT molecular complexity index is 119. The minimum absolute atomic E-state index is 0.366. The third-order valence-corrected chi connectivity index (χ3v) is 4.75.